The largest absolute Gasteiger partial charge is 0.344 e. The fraction of sp³-hybridized carbons (Fsp3) is 0.833. The molecular formula is C6H12O4. The van der Waals surface area contributed by atoms with E-state index in [1.165, 1.54) is 6.92 Å². The van der Waals surface area contributed by atoms with Gasteiger partial charge in [-0.15, -0.1) is 0 Å². The molecule has 0 saturated heterocycles. The van der Waals surface area contributed by atoms with E-state index in [1.54, 1.807) is 0 Å². The zero-order chi connectivity index (χ0) is 8.20. The van der Waals surface area contributed by atoms with E-state index in [-0.39, 0.29) is 18.6 Å². The van der Waals surface area contributed by atoms with Crippen LogP contribution in [-0.2, 0) is 4.79 Å². The van der Waals surface area contributed by atoms with Crippen molar-refractivity contribution in [1.82, 2.24) is 0 Å². The van der Waals surface area contributed by atoms with Gasteiger partial charge in [0.05, 0.1) is 0 Å². The second-order valence-corrected chi connectivity index (χ2v) is 2.33. The molecule has 60 valence electrons. The van der Waals surface area contributed by atoms with Crippen LogP contribution in [0.15, 0.2) is 0 Å². The molecule has 10 heavy (non-hydrogen) atoms. The number of Topliss-reactive ketones (excluding diaryl/α,β-unsaturated/α-hetero) is 1. The Labute approximate surface area is 59.1 Å². The number of carbonyl (C=O) groups is 1. The Morgan fingerprint density at radius 1 is 1.40 bits per heavy atom. The number of ketones is 1. The van der Waals surface area contributed by atoms with Gasteiger partial charge in [-0.25, -0.2) is 0 Å². The predicted molar refractivity (Wildman–Crippen MR) is 33.9 cm³/mol. The summed E-state index contributed by atoms with van der Waals surface area (Å²) in [5.74, 6) is -2.64. The monoisotopic (exact) mass is 148 g/mol. The van der Waals surface area contributed by atoms with Gasteiger partial charge in [0.1, 0.15) is 5.78 Å². The highest BCUT2D eigenvalue weighted by atomic mass is 16.7. The minimum Gasteiger partial charge on any atom is -0.344 e. The molecule has 0 saturated carbocycles. The van der Waals surface area contributed by atoms with Crippen molar-refractivity contribution in [2.45, 2.75) is 32.2 Å². The SMILES string of the molecule is CC(=O)CCCC(O)(O)O. The topological polar surface area (TPSA) is 77.8 Å². The third-order valence-corrected chi connectivity index (χ3v) is 1.04. The molecule has 0 aromatic rings. The molecule has 0 aliphatic rings. The fourth-order valence-electron chi connectivity index (χ4n) is 0.575. The fourth-order valence-corrected chi connectivity index (χ4v) is 0.575. The highest BCUT2D eigenvalue weighted by Gasteiger charge is 2.16. The van der Waals surface area contributed by atoms with Crippen molar-refractivity contribution in [3.8, 4) is 0 Å². The summed E-state index contributed by atoms with van der Waals surface area (Å²) in [7, 11) is 0. The van der Waals surface area contributed by atoms with Gasteiger partial charge >= 0.3 is 0 Å². The lowest BCUT2D eigenvalue weighted by Crippen LogP contribution is -2.26. The number of aliphatic hydroxyl groups is 3. The molecule has 0 fully saturated rings. The van der Waals surface area contributed by atoms with Crippen LogP contribution in [0, 0.1) is 0 Å². The van der Waals surface area contributed by atoms with Crippen molar-refractivity contribution < 1.29 is 20.1 Å². The Hall–Kier alpha value is -0.450. The number of hydrogen-bond donors (Lipinski definition) is 3. The second kappa shape index (κ2) is 3.65. The predicted octanol–water partition coefficient (Wildman–Crippen LogP) is -0.624. The normalized spacial score (nSPS) is 11.6. The Balaban J connectivity index is 3.29. The van der Waals surface area contributed by atoms with Crippen LogP contribution < -0.4 is 0 Å². The van der Waals surface area contributed by atoms with Crippen LogP contribution in [0.4, 0.5) is 0 Å². The molecule has 0 bridgehead atoms. The first-order valence-electron chi connectivity index (χ1n) is 3.08. The Morgan fingerprint density at radius 2 is 1.90 bits per heavy atom. The molecule has 0 amide bonds. The Morgan fingerprint density at radius 3 is 2.20 bits per heavy atom. The van der Waals surface area contributed by atoms with E-state index in [2.05, 4.69) is 0 Å². The molecule has 0 unspecified atom stereocenters. The van der Waals surface area contributed by atoms with Gasteiger partial charge < -0.3 is 20.1 Å². The van der Waals surface area contributed by atoms with Crippen LogP contribution in [0.25, 0.3) is 0 Å². The van der Waals surface area contributed by atoms with Crippen LogP contribution in [0.5, 0.6) is 0 Å². The van der Waals surface area contributed by atoms with Gasteiger partial charge in [0, 0.05) is 12.8 Å². The van der Waals surface area contributed by atoms with Crippen molar-refractivity contribution in [2.75, 3.05) is 0 Å². The van der Waals surface area contributed by atoms with Gasteiger partial charge in [-0.3, -0.25) is 0 Å². The summed E-state index contributed by atoms with van der Waals surface area (Å²) in [5, 5.41) is 25.0. The van der Waals surface area contributed by atoms with Crippen molar-refractivity contribution in [3.05, 3.63) is 0 Å². The minimum atomic E-state index is -2.62. The van der Waals surface area contributed by atoms with E-state index in [9.17, 15) is 4.79 Å². The molecule has 0 rings (SSSR count). The number of rotatable bonds is 4. The van der Waals surface area contributed by atoms with Crippen molar-refractivity contribution in [2.24, 2.45) is 0 Å². The third kappa shape index (κ3) is 7.55. The third-order valence-electron chi connectivity index (χ3n) is 1.04. The number of hydrogen-bond acceptors (Lipinski definition) is 4. The highest BCUT2D eigenvalue weighted by molar-refractivity contribution is 5.75. The quantitative estimate of drug-likeness (QED) is 0.464. The molecule has 3 N–H and O–H groups in total. The average Bonchev–Trinajstić information content (AvgIpc) is 1.59. The summed E-state index contributed by atoms with van der Waals surface area (Å²) >= 11 is 0. The van der Waals surface area contributed by atoms with Gasteiger partial charge in [-0.2, -0.15) is 0 Å². The molecule has 0 atom stereocenters. The van der Waals surface area contributed by atoms with Crippen molar-refractivity contribution in [1.29, 1.82) is 0 Å². The van der Waals surface area contributed by atoms with Gasteiger partial charge in [-0.05, 0) is 13.3 Å². The molecule has 0 radical (unpaired) electrons. The van der Waals surface area contributed by atoms with Crippen molar-refractivity contribution in [3.63, 3.8) is 0 Å². The average molecular weight is 148 g/mol. The molecule has 4 heteroatoms. The van der Waals surface area contributed by atoms with E-state index in [0.29, 0.717) is 6.42 Å². The van der Waals surface area contributed by atoms with E-state index in [0.717, 1.165) is 0 Å². The van der Waals surface area contributed by atoms with Crippen LogP contribution in [-0.4, -0.2) is 27.1 Å². The van der Waals surface area contributed by atoms with Crippen LogP contribution in [0.1, 0.15) is 26.2 Å². The molecule has 0 aliphatic heterocycles. The zero-order valence-corrected chi connectivity index (χ0v) is 5.87. The molecule has 4 nitrogen and oxygen atoms in total. The molecular weight excluding hydrogens is 136 g/mol. The molecule has 0 aliphatic carbocycles. The molecule has 0 heterocycles. The van der Waals surface area contributed by atoms with Crippen molar-refractivity contribution >= 4 is 5.78 Å². The lowest BCUT2D eigenvalue weighted by atomic mass is 10.2. The van der Waals surface area contributed by atoms with Crippen LogP contribution in [0.2, 0.25) is 0 Å². The van der Waals surface area contributed by atoms with E-state index in [1.807, 2.05) is 0 Å². The first-order chi connectivity index (χ1) is 4.42. The zero-order valence-electron chi connectivity index (χ0n) is 5.87. The maximum absolute atomic E-state index is 10.3. The van der Waals surface area contributed by atoms with E-state index in [4.69, 9.17) is 15.3 Å². The smallest absolute Gasteiger partial charge is 0.275 e. The maximum atomic E-state index is 10.3. The van der Waals surface area contributed by atoms with E-state index < -0.39 is 5.97 Å². The summed E-state index contributed by atoms with van der Waals surface area (Å²) in [5.41, 5.74) is 0. The summed E-state index contributed by atoms with van der Waals surface area (Å²) in [4.78, 5) is 10.3. The standard InChI is InChI=1S/C6H12O4/c1-5(7)3-2-4-6(8,9)10/h8-10H,2-4H2,1H3. The Kier molecular flexibility index (Phi) is 3.49. The first kappa shape index (κ1) is 9.55. The van der Waals surface area contributed by atoms with Gasteiger partial charge in [0.15, 0.2) is 0 Å². The summed E-state index contributed by atoms with van der Waals surface area (Å²) in [6, 6.07) is 0. The Bertz CT molecular complexity index is 113. The highest BCUT2D eigenvalue weighted by Crippen LogP contribution is 2.06. The lowest BCUT2D eigenvalue weighted by molar-refractivity contribution is -0.314. The molecule has 0 aromatic heterocycles. The minimum absolute atomic E-state index is 0.0238. The summed E-state index contributed by atoms with van der Waals surface area (Å²) in [6.07, 6.45) is 0.370. The van der Waals surface area contributed by atoms with E-state index >= 15 is 0 Å². The van der Waals surface area contributed by atoms with Crippen LogP contribution >= 0.6 is 0 Å². The summed E-state index contributed by atoms with van der Waals surface area (Å²) < 4.78 is 0. The molecule has 0 aromatic carbocycles. The second-order valence-electron chi connectivity index (χ2n) is 2.33. The van der Waals surface area contributed by atoms with Gasteiger partial charge in [-0.1, -0.05) is 0 Å². The number of carbonyl (C=O) groups excluding carboxylic acids is 1. The first-order valence-corrected chi connectivity index (χ1v) is 3.08. The lowest BCUT2D eigenvalue weighted by Gasteiger charge is -2.12. The molecule has 0 spiro atoms. The maximum Gasteiger partial charge on any atom is 0.275 e. The summed E-state index contributed by atoms with van der Waals surface area (Å²) in [6.45, 7) is 1.41. The van der Waals surface area contributed by atoms with Crippen LogP contribution in [0.3, 0.4) is 0 Å². The van der Waals surface area contributed by atoms with Gasteiger partial charge in [0.25, 0.3) is 5.97 Å². The van der Waals surface area contributed by atoms with Gasteiger partial charge in [0.2, 0.25) is 0 Å².